The number of hydrogen-bond donors (Lipinski definition) is 1. The van der Waals surface area contributed by atoms with Crippen LogP contribution >= 0.6 is 0 Å². The minimum atomic E-state index is -0.487. The highest BCUT2D eigenvalue weighted by Gasteiger charge is 2.25. The maximum Gasteiger partial charge on any atom is 0.264 e. The summed E-state index contributed by atoms with van der Waals surface area (Å²) >= 11 is 0. The molecular weight excluding hydrogens is 302 g/mol. The number of nitrogens with zero attached hydrogens (tertiary/aromatic N) is 3. The van der Waals surface area contributed by atoms with Crippen LogP contribution in [-0.4, -0.2) is 39.7 Å². The highest BCUT2D eigenvalue weighted by molar-refractivity contribution is 6.01. The van der Waals surface area contributed by atoms with E-state index in [0.29, 0.717) is 25.4 Å². The lowest BCUT2D eigenvalue weighted by Crippen LogP contribution is -2.42. The molecule has 1 N–H and O–H groups in total. The molecular formula is C19H27N3O2. The lowest BCUT2D eigenvalue weighted by Gasteiger charge is -2.29. The number of nitriles is 1. The number of amides is 1. The zero-order valence-electron chi connectivity index (χ0n) is 15.0. The molecule has 1 aromatic rings. The molecule has 1 aliphatic heterocycles. The van der Waals surface area contributed by atoms with E-state index in [-0.39, 0.29) is 11.5 Å². The number of aromatic nitrogens is 1. The third kappa shape index (κ3) is 4.07. The number of aliphatic hydroxyl groups excluding tert-OH is 1. The zero-order valence-corrected chi connectivity index (χ0v) is 15.0. The molecule has 1 atom stereocenters. The number of likely N-dealkylation sites (tertiary alicyclic amines) is 1. The summed E-state index contributed by atoms with van der Waals surface area (Å²) in [6, 6.07) is 4.06. The maximum absolute atomic E-state index is 12.6. The molecule has 130 valence electrons. The Balaban J connectivity index is 2.27. The summed E-state index contributed by atoms with van der Waals surface area (Å²) in [6.45, 7) is 10.2. The molecule has 0 spiro atoms. The maximum atomic E-state index is 12.6. The van der Waals surface area contributed by atoms with Crippen LogP contribution in [0.5, 0.6) is 0 Å². The highest BCUT2D eigenvalue weighted by Crippen LogP contribution is 2.21. The van der Waals surface area contributed by atoms with Crippen LogP contribution in [0, 0.1) is 31.1 Å². The van der Waals surface area contributed by atoms with E-state index in [1.807, 2.05) is 26.0 Å². The molecule has 1 fully saturated rings. The summed E-state index contributed by atoms with van der Waals surface area (Å²) in [5, 5.41) is 19.2. The second-order valence-electron chi connectivity index (χ2n) is 7.05. The summed E-state index contributed by atoms with van der Waals surface area (Å²) in [7, 11) is 0. The fourth-order valence-corrected chi connectivity index (χ4v) is 3.23. The van der Waals surface area contributed by atoms with Crippen molar-refractivity contribution in [3.8, 4) is 6.07 Å². The first-order valence-electron chi connectivity index (χ1n) is 8.59. The molecule has 1 unspecified atom stereocenters. The van der Waals surface area contributed by atoms with Gasteiger partial charge in [-0.3, -0.25) is 4.79 Å². The predicted molar refractivity (Wildman–Crippen MR) is 94.2 cm³/mol. The predicted octanol–water partition coefficient (Wildman–Crippen LogP) is 2.65. The average molecular weight is 329 g/mol. The van der Waals surface area contributed by atoms with Crippen LogP contribution in [0.25, 0.3) is 6.08 Å². The summed E-state index contributed by atoms with van der Waals surface area (Å²) < 4.78 is 2.22. The van der Waals surface area contributed by atoms with Crippen LogP contribution in [0.15, 0.2) is 11.6 Å². The smallest absolute Gasteiger partial charge is 0.264 e. The van der Waals surface area contributed by atoms with Crippen molar-refractivity contribution in [3.63, 3.8) is 0 Å². The van der Waals surface area contributed by atoms with Crippen LogP contribution < -0.4 is 0 Å². The van der Waals surface area contributed by atoms with E-state index in [2.05, 4.69) is 18.4 Å². The van der Waals surface area contributed by atoms with Crippen molar-refractivity contribution in [3.05, 3.63) is 28.6 Å². The minimum absolute atomic E-state index is 0.133. The number of hydrogen-bond acceptors (Lipinski definition) is 3. The van der Waals surface area contributed by atoms with Gasteiger partial charge in [0.1, 0.15) is 11.6 Å². The van der Waals surface area contributed by atoms with Gasteiger partial charge in [0, 0.05) is 31.0 Å². The number of carbonyl (C=O) groups excluding carboxylic acids is 1. The molecule has 5 heteroatoms. The van der Waals surface area contributed by atoms with E-state index in [4.69, 9.17) is 0 Å². The van der Waals surface area contributed by atoms with Crippen LogP contribution in [-0.2, 0) is 11.3 Å². The van der Waals surface area contributed by atoms with Gasteiger partial charge in [0.25, 0.3) is 5.91 Å². The van der Waals surface area contributed by atoms with Gasteiger partial charge in [-0.1, -0.05) is 13.8 Å². The van der Waals surface area contributed by atoms with Gasteiger partial charge in [0.2, 0.25) is 0 Å². The largest absolute Gasteiger partial charge is 0.391 e. The molecule has 0 bridgehead atoms. The van der Waals surface area contributed by atoms with Crippen molar-refractivity contribution >= 4 is 12.0 Å². The lowest BCUT2D eigenvalue weighted by atomic mass is 10.1. The van der Waals surface area contributed by atoms with Crippen LogP contribution in [0.1, 0.15) is 43.6 Å². The Kier molecular flexibility index (Phi) is 5.84. The Morgan fingerprint density at radius 3 is 2.79 bits per heavy atom. The van der Waals surface area contributed by atoms with E-state index in [9.17, 15) is 15.2 Å². The normalized spacial score (nSPS) is 18.8. The standard InChI is InChI=1S/C19H27N3O2/c1-13(2)11-22-14(3)8-16(15(22)4)9-17(10-20)19(24)21-7-5-6-18(23)12-21/h8-9,13,18,23H,5-7,11-12H2,1-4H3. The number of β-amino-alcohol motifs (C(OH)–C–C–N with tert-alkyl or cyclic N) is 1. The van der Waals surface area contributed by atoms with Crippen LogP contribution in [0.2, 0.25) is 0 Å². The Morgan fingerprint density at radius 1 is 1.50 bits per heavy atom. The highest BCUT2D eigenvalue weighted by atomic mass is 16.3. The molecule has 1 saturated heterocycles. The third-order valence-corrected chi connectivity index (χ3v) is 4.49. The Bertz CT molecular complexity index is 680. The minimum Gasteiger partial charge on any atom is -0.391 e. The topological polar surface area (TPSA) is 69.3 Å². The molecule has 24 heavy (non-hydrogen) atoms. The van der Waals surface area contributed by atoms with E-state index in [1.54, 1.807) is 11.0 Å². The molecule has 0 aliphatic carbocycles. The molecule has 0 radical (unpaired) electrons. The van der Waals surface area contributed by atoms with Gasteiger partial charge in [-0.05, 0) is 50.3 Å². The van der Waals surface area contributed by atoms with Gasteiger partial charge < -0.3 is 14.6 Å². The molecule has 2 heterocycles. The quantitative estimate of drug-likeness (QED) is 0.682. The van der Waals surface area contributed by atoms with Crippen LogP contribution in [0.4, 0.5) is 0 Å². The molecule has 1 amide bonds. The van der Waals surface area contributed by atoms with Gasteiger partial charge in [-0.15, -0.1) is 0 Å². The van der Waals surface area contributed by atoms with Gasteiger partial charge in [-0.25, -0.2) is 0 Å². The van der Waals surface area contributed by atoms with E-state index >= 15 is 0 Å². The van der Waals surface area contributed by atoms with Crippen molar-refractivity contribution in [2.75, 3.05) is 13.1 Å². The summed E-state index contributed by atoms with van der Waals surface area (Å²) in [4.78, 5) is 14.2. The molecule has 5 nitrogen and oxygen atoms in total. The van der Waals surface area contributed by atoms with Crippen molar-refractivity contribution in [2.24, 2.45) is 5.92 Å². The average Bonchev–Trinajstić information content (AvgIpc) is 2.79. The molecule has 2 rings (SSSR count). The van der Waals surface area contributed by atoms with E-state index in [1.165, 1.54) is 0 Å². The Labute approximate surface area is 144 Å². The number of aliphatic hydroxyl groups is 1. The summed E-state index contributed by atoms with van der Waals surface area (Å²) in [5.41, 5.74) is 3.25. The fraction of sp³-hybridized carbons (Fsp3) is 0.579. The number of rotatable bonds is 4. The van der Waals surface area contributed by atoms with Crippen molar-refractivity contribution in [1.82, 2.24) is 9.47 Å². The van der Waals surface area contributed by atoms with Gasteiger partial charge in [0.05, 0.1) is 6.10 Å². The van der Waals surface area contributed by atoms with Crippen molar-refractivity contribution < 1.29 is 9.90 Å². The Morgan fingerprint density at radius 2 is 2.21 bits per heavy atom. The molecule has 0 aromatic carbocycles. The molecule has 0 saturated carbocycles. The second-order valence-corrected chi connectivity index (χ2v) is 7.05. The van der Waals surface area contributed by atoms with Crippen molar-refractivity contribution in [2.45, 2.75) is 53.2 Å². The van der Waals surface area contributed by atoms with Gasteiger partial charge >= 0.3 is 0 Å². The first kappa shape index (κ1) is 18.3. The van der Waals surface area contributed by atoms with Crippen molar-refractivity contribution in [1.29, 1.82) is 5.26 Å². The van der Waals surface area contributed by atoms with Gasteiger partial charge in [-0.2, -0.15) is 5.26 Å². The number of piperidine rings is 1. The summed E-state index contributed by atoms with van der Waals surface area (Å²) in [6.07, 6.45) is 2.68. The lowest BCUT2D eigenvalue weighted by molar-refractivity contribution is -0.129. The number of carbonyl (C=O) groups is 1. The second kappa shape index (κ2) is 7.67. The van der Waals surface area contributed by atoms with Crippen LogP contribution in [0.3, 0.4) is 0 Å². The molecule has 1 aliphatic rings. The third-order valence-electron chi connectivity index (χ3n) is 4.49. The number of aryl methyl sites for hydroxylation is 1. The van der Waals surface area contributed by atoms with Gasteiger partial charge in [0.15, 0.2) is 0 Å². The monoisotopic (exact) mass is 329 g/mol. The SMILES string of the molecule is Cc1cc(C=C(C#N)C(=O)N2CCCC(O)C2)c(C)n1CC(C)C. The zero-order chi connectivity index (χ0) is 17.9. The van der Waals surface area contributed by atoms with E-state index in [0.717, 1.165) is 29.9 Å². The first-order valence-corrected chi connectivity index (χ1v) is 8.59. The summed E-state index contributed by atoms with van der Waals surface area (Å²) in [5.74, 6) is 0.239. The fourth-order valence-electron chi connectivity index (χ4n) is 3.23. The van der Waals surface area contributed by atoms with E-state index < -0.39 is 6.10 Å². The Hall–Kier alpha value is -2.06. The molecule has 1 aromatic heterocycles. The first-order chi connectivity index (χ1) is 11.3.